The zero-order valence-corrected chi connectivity index (χ0v) is 19.5. The topological polar surface area (TPSA) is 69.5 Å². The van der Waals surface area contributed by atoms with Gasteiger partial charge in [-0.1, -0.05) is 36.9 Å². The maximum atomic E-state index is 13.2. The van der Waals surface area contributed by atoms with Crippen LogP contribution in [0, 0.1) is 0 Å². The minimum atomic E-state index is 0.0840. The Kier molecular flexibility index (Phi) is 6.99. The highest BCUT2D eigenvalue weighted by molar-refractivity contribution is 7.99. The zero-order valence-electron chi connectivity index (χ0n) is 18.7. The lowest BCUT2D eigenvalue weighted by Gasteiger charge is -2.24. The smallest absolute Gasteiger partial charge is 0.233 e. The van der Waals surface area contributed by atoms with Crippen LogP contribution in [0.3, 0.4) is 0 Å². The van der Waals surface area contributed by atoms with Crippen LogP contribution in [0.4, 0.5) is 0 Å². The van der Waals surface area contributed by atoms with Gasteiger partial charge in [-0.2, -0.15) is 0 Å². The van der Waals surface area contributed by atoms with Gasteiger partial charge in [-0.05, 0) is 49.1 Å². The van der Waals surface area contributed by atoms with Gasteiger partial charge in [0.15, 0.2) is 5.16 Å². The number of ether oxygens (including phenoxy) is 2. The molecule has 1 saturated carbocycles. The molecule has 1 aromatic heterocycles. The highest BCUT2D eigenvalue weighted by Crippen LogP contribution is 2.33. The van der Waals surface area contributed by atoms with Crippen molar-refractivity contribution in [3.8, 4) is 17.2 Å². The molecule has 4 rings (SSSR count). The summed E-state index contributed by atoms with van der Waals surface area (Å²) in [4.78, 5) is 15.2. The number of hydrogen-bond acceptors (Lipinski definition) is 6. The van der Waals surface area contributed by atoms with E-state index in [1.165, 1.54) is 17.3 Å². The Bertz CT molecular complexity index is 1080. The Labute approximate surface area is 192 Å². The van der Waals surface area contributed by atoms with Crippen molar-refractivity contribution in [2.45, 2.75) is 43.9 Å². The van der Waals surface area contributed by atoms with Gasteiger partial charge < -0.3 is 14.4 Å². The van der Waals surface area contributed by atoms with E-state index in [9.17, 15) is 4.79 Å². The fourth-order valence-corrected chi connectivity index (χ4v) is 4.55. The molecule has 0 saturated heterocycles. The van der Waals surface area contributed by atoms with E-state index < -0.39 is 0 Å². The lowest BCUT2D eigenvalue weighted by molar-refractivity contribution is -0.129. The zero-order chi connectivity index (χ0) is 22.5. The van der Waals surface area contributed by atoms with Gasteiger partial charge in [0.25, 0.3) is 0 Å². The van der Waals surface area contributed by atoms with E-state index in [0.29, 0.717) is 17.5 Å². The average Bonchev–Trinajstić information content (AvgIpc) is 3.57. The number of carbonyl (C=O) groups excluding carboxylic acids is 1. The van der Waals surface area contributed by atoms with Crippen LogP contribution in [-0.2, 0) is 17.8 Å². The summed E-state index contributed by atoms with van der Waals surface area (Å²) in [5.41, 5.74) is 3.21. The summed E-state index contributed by atoms with van der Waals surface area (Å²) in [6, 6.07) is 14.2. The second-order valence-electron chi connectivity index (χ2n) is 7.69. The largest absolute Gasteiger partial charge is 0.497 e. The Morgan fingerprint density at radius 1 is 1.16 bits per heavy atom. The number of hydrogen-bond donors (Lipinski definition) is 0. The molecule has 32 heavy (non-hydrogen) atoms. The summed E-state index contributed by atoms with van der Waals surface area (Å²) in [5, 5.41) is 9.07. The number of carbonyl (C=O) groups is 1. The van der Waals surface area contributed by atoms with E-state index in [1.54, 1.807) is 20.5 Å². The van der Waals surface area contributed by atoms with Gasteiger partial charge in [-0.3, -0.25) is 9.36 Å². The minimum Gasteiger partial charge on any atom is -0.497 e. The van der Waals surface area contributed by atoms with Crippen LogP contribution in [0.15, 0.2) is 53.9 Å². The Morgan fingerprint density at radius 2 is 1.97 bits per heavy atom. The van der Waals surface area contributed by atoms with Crippen molar-refractivity contribution in [3.63, 3.8) is 0 Å². The molecule has 0 aliphatic heterocycles. The first kappa shape index (κ1) is 22.2. The first-order valence-electron chi connectivity index (χ1n) is 10.8. The lowest BCUT2D eigenvalue weighted by Crippen LogP contribution is -2.34. The molecule has 0 unspecified atom stereocenters. The van der Waals surface area contributed by atoms with Gasteiger partial charge >= 0.3 is 0 Å². The number of rotatable bonds is 10. The van der Waals surface area contributed by atoms with Crippen molar-refractivity contribution in [3.05, 3.63) is 59.9 Å². The van der Waals surface area contributed by atoms with Crippen molar-refractivity contribution in [2.24, 2.45) is 0 Å². The predicted octanol–water partition coefficient (Wildman–Crippen LogP) is 4.13. The molecule has 7 nitrogen and oxygen atoms in total. The monoisotopic (exact) mass is 452 g/mol. The molecule has 1 amide bonds. The number of thioether (sulfide) groups is 1. The standard InChI is InChI=1S/C24H28N4O3S/c1-4-17-7-5-6-8-21(17)28-16-25-26-24(28)32-15-23(29)27(19-9-10-19)14-18-13-20(30-2)11-12-22(18)31-3/h5-8,11-13,16,19H,4,9-10,14-15H2,1-3H3. The molecule has 0 N–H and O–H groups in total. The van der Waals surface area contributed by atoms with Crippen LogP contribution >= 0.6 is 11.8 Å². The Balaban J connectivity index is 1.49. The third kappa shape index (κ3) is 4.91. The van der Waals surface area contributed by atoms with E-state index in [0.717, 1.165) is 42.0 Å². The fourth-order valence-electron chi connectivity index (χ4n) is 3.74. The van der Waals surface area contributed by atoms with Gasteiger partial charge in [0.1, 0.15) is 17.8 Å². The number of amides is 1. The van der Waals surface area contributed by atoms with Crippen LogP contribution in [0.2, 0.25) is 0 Å². The van der Waals surface area contributed by atoms with Crippen molar-refractivity contribution >= 4 is 17.7 Å². The lowest BCUT2D eigenvalue weighted by atomic mass is 10.1. The summed E-state index contributed by atoms with van der Waals surface area (Å²) in [7, 11) is 3.28. The third-order valence-electron chi connectivity index (χ3n) is 5.61. The number of para-hydroxylation sites is 1. The maximum absolute atomic E-state index is 13.2. The third-order valence-corrected chi connectivity index (χ3v) is 6.54. The molecule has 0 radical (unpaired) electrons. The van der Waals surface area contributed by atoms with Gasteiger partial charge in [0.2, 0.25) is 5.91 Å². The van der Waals surface area contributed by atoms with Crippen LogP contribution < -0.4 is 9.47 Å². The summed E-state index contributed by atoms with van der Waals surface area (Å²) in [5.74, 6) is 1.89. The van der Waals surface area contributed by atoms with E-state index >= 15 is 0 Å². The summed E-state index contributed by atoms with van der Waals surface area (Å²) >= 11 is 1.42. The molecule has 8 heteroatoms. The number of benzene rings is 2. The molecule has 168 valence electrons. The number of methoxy groups -OCH3 is 2. The highest BCUT2D eigenvalue weighted by atomic mass is 32.2. The summed E-state index contributed by atoms with van der Waals surface area (Å²) in [6.07, 6.45) is 4.68. The Morgan fingerprint density at radius 3 is 2.69 bits per heavy atom. The molecule has 0 spiro atoms. The highest BCUT2D eigenvalue weighted by Gasteiger charge is 2.33. The molecular weight excluding hydrogens is 424 g/mol. The SMILES string of the molecule is CCc1ccccc1-n1cnnc1SCC(=O)N(Cc1cc(OC)ccc1OC)C1CC1. The van der Waals surface area contributed by atoms with Gasteiger partial charge in [0.05, 0.1) is 25.7 Å². The molecule has 0 atom stereocenters. The molecule has 1 heterocycles. The van der Waals surface area contributed by atoms with Gasteiger partial charge in [0, 0.05) is 18.2 Å². The van der Waals surface area contributed by atoms with Crippen molar-refractivity contribution in [1.29, 1.82) is 0 Å². The van der Waals surface area contributed by atoms with E-state index in [4.69, 9.17) is 9.47 Å². The summed E-state index contributed by atoms with van der Waals surface area (Å²) in [6.45, 7) is 2.62. The maximum Gasteiger partial charge on any atom is 0.233 e. The first-order chi connectivity index (χ1) is 15.6. The molecule has 1 aliphatic carbocycles. The quantitative estimate of drug-likeness (QED) is 0.431. The van der Waals surface area contributed by atoms with Crippen LogP contribution in [-0.4, -0.2) is 51.6 Å². The number of nitrogens with zero attached hydrogens (tertiary/aromatic N) is 4. The minimum absolute atomic E-state index is 0.0840. The second-order valence-corrected chi connectivity index (χ2v) is 8.63. The van der Waals surface area contributed by atoms with Gasteiger partial charge in [-0.25, -0.2) is 0 Å². The van der Waals surface area contributed by atoms with E-state index in [1.807, 2.05) is 39.8 Å². The molecule has 1 aliphatic rings. The number of aromatic nitrogens is 3. The van der Waals surface area contributed by atoms with Crippen molar-refractivity contribution in [2.75, 3.05) is 20.0 Å². The van der Waals surface area contributed by atoms with E-state index in [-0.39, 0.29) is 11.9 Å². The second kappa shape index (κ2) is 10.1. The molecule has 2 aromatic carbocycles. The molecular formula is C24H28N4O3S. The number of aryl methyl sites for hydroxylation is 1. The van der Waals surface area contributed by atoms with Crippen LogP contribution in [0.25, 0.3) is 5.69 Å². The average molecular weight is 453 g/mol. The molecule has 1 fully saturated rings. The fraction of sp³-hybridized carbons (Fsp3) is 0.375. The van der Waals surface area contributed by atoms with Crippen LogP contribution in [0.1, 0.15) is 30.9 Å². The van der Waals surface area contributed by atoms with Crippen molar-refractivity contribution in [1.82, 2.24) is 19.7 Å². The Hall–Kier alpha value is -3.00. The summed E-state index contributed by atoms with van der Waals surface area (Å²) < 4.78 is 12.8. The van der Waals surface area contributed by atoms with Crippen molar-refractivity contribution < 1.29 is 14.3 Å². The van der Waals surface area contributed by atoms with E-state index in [2.05, 4.69) is 29.3 Å². The van der Waals surface area contributed by atoms with Gasteiger partial charge in [-0.15, -0.1) is 10.2 Å². The molecule has 3 aromatic rings. The molecule has 0 bridgehead atoms. The normalized spacial score (nSPS) is 13.1. The van der Waals surface area contributed by atoms with Crippen LogP contribution in [0.5, 0.6) is 11.5 Å². The predicted molar refractivity (Wildman–Crippen MR) is 125 cm³/mol. The first-order valence-corrected chi connectivity index (χ1v) is 11.7.